The van der Waals surface area contributed by atoms with Crippen LogP contribution in [0.25, 0.3) is 0 Å². The lowest BCUT2D eigenvalue weighted by molar-refractivity contribution is -0.141. The van der Waals surface area contributed by atoms with Crippen LogP contribution in [0.5, 0.6) is 0 Å². The molecule has 1 amide bonds. The molecule has 204 valence electrons. The summed E-state index contributed by atoms with van der Waals surface area (Å²) >= 11 is 7.82. The third-order valence-electron chi connectivity index (χ3n) is 6.79. The second-order valence-corrected chi connectivity index (χ2v) is 10.8. The molecule has 0 spiro atoms. The van der Waals surface area contributed by atoms with Crippen molar-refractivity contribution in [3.63, 3.8) is 0 Å². The first-order valence-electron chi connectivity index (χ1n) is 13.0. The smallest absolute Gasteiger partial charge is 0.338 e. The third kappa shape index (κ3) is 6.73. The number of ether oxygens (including phenoxy) is 2. The van der Waals surface area contributed by atoms with Crippen molar-refractivity contribution in [1.29, 1.82) is 0 Å². The molecule has 1 atom stereocenters. The van der Waals surface area contributed by atoms with E-state index in [1.165, 1.54) is 11.8 Å². The highest BCUT2D eigenvalue weighted by Crippen LogP contribution is 2.45. The lowest BCUT2D eigenvalue weighted by atomic mass is 9.94. The number of rotatable bonds is 9. The maximum absolute atomic E-state index is 13.5. The number of esters is 1. The number of amidine groups is 1. The molecular weight excluding hydrogens is 536 g/mol. The molecule has 1 unspecified atom stereocenters. The lowest BCUT2D eigenvalue weighted by Gasteiger charge is -2.36. The molecule has 3 aliphatic rings. The van der Waals surface area contributed by atoms with Gasteiger partial charge in [-0.3, -0.25) is 9.69 Å². The Morgan fingerprint density at radius 2 is 1.95 bits per heavy atom. The van der Waals surface area contributed by atoms with Crippen LogP contribution in [-0.4, -0.2) is 66.2 Å². The van der Waals surface area contributed by atoms with Crippen LogP contribution >= 0.6 is 23.4 Å². The van der Waals surface area contributed by atoms with Crippen LogP contribution < -0.4 is 5.32 Å². The van der Waals surface area contributed by atoms with Crippen LogP contribution in [0.2, 0.25) is 5.02 Å². The predicted molar refractivity (Wildman–Crippen MR) is 153 cm³/mol. The van der Waals surface area contributed by atoms with Gasteiger partial charge < -0.3 is 19.7 Å². The molecule has 0 aliphatic carbocycles. The van der Waals surface area contributed by atoms with E-state index in [1.807, 2.05) is 65.8 Å². The van der Waals surface area contributed by atoms with E-state index in [0.717, 1.165) is 49.7 Å². The highest BCUT2D eigenvalue weighted by molar-refractivity contribution is 8.16. The number of carbonyl (C=O) groups excluding carboxylic acids is 2. The van der Waals surface area contributed by atoms with Crippen molar-refractivity contribution >= 4 is 40.4 Å². The molecule has 0 saturated carbocycles. The minimum absolute atomic E-state index is 0.0827. The normalized spacial score (nSPS) is 19.3. The minimum atomic E-state index is -0.526. The van der Waals surface area contributed by atoms with Gasteiger partial charge in [-0.1, -0.05) is 65.8 Å². The minimum Gasteiger partial charge on any atom is -0.457 e. The number of fused-ring (bicyclic) bond motifs is 1. The number of nitrogens with zero attached hydrogens (tertiary/aromatic N) is 3. The summed E-state index contributed by atoms with van der Waals surface area (Å²) < 4.78 is 11.1. The Hall–Kier alpha value is -3.11. The maximum Gasteiger partial charge on any atom is 0.338 e. The van der Waals surface area contributed by atoms with Crippen molar-refractivity contribution in [3.8, 4) is 0 Å². The number of amides is 1. The van der Waals surface area contributed by atoms with Crippen LogP contribution in [-0.2, 0) is 25.7 Å². The fourth-order valence-corrected chi connectivity index (χ4v) is 5.99. The number of morpholine rings is 1. The topological polar surface area (TPSA) is 83.5 Å². The van der Waals surface area contributed by atoms with E-state index in [-0.39, 0.29) is 18.9 Å². The van der Waals surface area contributed by atoms with Crippen molar-refractivity contribution in [2.24, 2.45) is 4.99 Å². The van der Waals surface area contributed by atoms with Crippen molar-refractivity contribution < 1.29 is 19.1 Å². The second-order valence-electron chi connectivity index (χ2n) is 9.49. The molecule has 8 nitrogen and oxygen atoms in total. The highest BCUT2D eigenvalue weighted by atomic mass is 35.5. The number of thioether (sulfide) groups is 1. The third-order valence-corrected chi connectivity index (χ3v) is 7.92. The summed E-state index contributed by atoms with van der Waals surface area (Å²) in [5.41, 5.74) is 3.50. The van der Waals surface area contributed by atoms with E-state index in [9.17, 15) is 9.59 Å². The van der Waals surface area contributed by atoms with Gasteiger partial charge in [0.1, 0.15) is 6.61 Å². The highest BCUT2D eigenvalue weighted by Gasteiger charge is 2.41. The Bertz CT molecular complexity index is 1310. The molecule has 2 aromatic carbocycles. The van der Waals surface area contributed by atoms with Gasteiger partial charge in [-0.05, 0) is 35.6 Å². The summed E-state index contributed by atoms with van der Waals surface area (Å²) in [5, 5.41) is 6.24. The van der Waals surface area contributed by atoms with Crippen LogP contribution in [0.1, 0.15) is 30.5 Å². The van der Waals surface area contributed by atoms with Crippen LogP contribution in [0.15, 0.2) is 82.0 Å². The Balaban J connectivity index is 1.34. The van der Waals surface area contributed by atoms with Crippen LogP contribution in [0.3, 0.4) is 0 Å². The van der Waals surface area contributed by atoms with Gasteiger partial charge in [-0.15, -0.1) is 0 Å². The molecule has 1 fully saturated rings. The fourth-order valence-electron chi connectivity index (χ4n) is 4.83. The van der Waals surface area contributed by atoms with E-state index in [2.05, 4.69) is 10.2 Å². The Kier molecular flexibility index (Phi) is 9.03. The zero-order valence-electron chi connectivity index (χ0n) is 21.8. The molecule has 5 rings (SSSR count). The van der Waals surface area contributed by atoms with Gasteiger partial charge in [0.15, 0.2) is 5.17 Å². The largest absolute Gasteiger partial charge is 0.457 e. The number of hydrogen-bond donors (Lipinski definition) is 1. The van der Waals surface area contributed by atoms with Gasteiger partial charge in [0, 0.05) is 36.9 Å². The number of carbonyl (C=O) groups is 2. The van der Waals surface area contributed by atoms with E-state index in [4.69, 9.17) is 26.1 Å². The SMILES string of the molecule is CC1=C(C(=O)OCc2ccccc2)C(c2cccc(Cl)c2)N2C(CC(=O)NCCN3CCOCC3)=CSC2=N1. The molecule has 0 aromatic heterocycles. The van der Waals surface area contributed by atoms with E-state index < -0.39 is 12.0 Å². The summed E-state index contributed by atoms with van der Waals surface area (Å²) in [7, 11) is 0. The summed E-state index contributed by atoms with van der Waals surface area (Å²) in [5.74, 6) is -0.531. The van der Waals surface area contributed by atoms with Crippen molar-refractivity contribution in [1.82, 2.24) is 15.1 Å². The fraction of sp³-hybridized carbons (Fsp3) is 0.345. The molecule has 0 bridgehead atoms. The first kappa shape index (κ1) is 27.5. The van der Waals surface area contributed by atoms with Gasteiger partial charge in [0.2, 0.25) is 5.91 Å². The number of nitrogens with one attached hydrogen (secondary N) is 1. The summed E-state index contributed by atoms with van der Waals surface area (Å²) in [6.45, 7) is 6.52. The van der Waals surface area contributed by atoms with Gasteiger partial charge in [0.05, 0.1) is 36.9 Å². The van der Waals surface area contributed by atoms with Crippen LogP contribution in [0, 0.1) is 0 Å². The zero-order chi connectivity index (χ0) is 27.2. The quantitative estimate of drug-likeness (QED) is 0.448. The lowest BCUT2D eigenvalue weighted by Crippen LogP contribution is -2.42. The van der Waals surface area contributed by atoms with Crippen molar-refractivity contribution in [3.05, 3.63) is 93.1 Å². The summed E-state index contributed by atoms with van der Waals surface area (Å²) in [6, 6.07) is 16.5. The van der Waals surface area contributed by atoms with Gasteiger partial charge in [0.25, 0.3) is 0 Å². The van der Waals surface area contributed by atoms with E-state index in [0.29, 0.717) is 28.0 Å². The molecule has 39 heavy (non-hydrogen) atoms. The van der Waals surface area contributed by atoms with Gasteiger partial charge in [-0.25, -0.2) is 9.79 Å². The Morgan fingerprint density at radius 3 is 2.72 bits per heavy atom. The standard InChI is InChI=1S/C29H31ClN4O4S/c1-20-26(28(36)38-18-21-6-3-2-4-7-21)27(22-8-5-9-23(30)16-22)34-24(19-39-29(34)32-20)17-25(35)31-10-11-33-12-14-37-15-13-33/h2-9,16,19,27H,10-15,17-18H2,1H3,(H,31,35). The maximum atomic E-state index is 13.5. The average Bonchev–Trinajstić information content (AvgIpc) is 3.33. The van der Waals surface area contributed by atoms with E-state index >= 15 is 0 Å². The number of allylic oxidation sites excluding steroid dienone is 1. The molecule has 10 heteroatoms. The average molecular weight is 567 g/mol. The Morgan fingerprint density at radius 1 is 1.15 bits per heavy atom. The van der Waals surface area contributed by atoms with Gasteiger partial charge >= 0.3 is 5.97 Å². The zero-order valence-corrected chi connectivity index (χ0v) is 23.3. The first-order valence-corrected chi connectivity index (χ1v) is 14.2. The molecular formula is C29H31ClN4O4S. The van der Waals surface area contributed by atoms with Crippen molar-refractivity contribution in [2.75, 3.05) is 39.4 Å². The summed E-state index contributed by atoms with van der Waals surface area (Å²) in [4.78, 5) is 35.5. The Labute approximate surface area is 237 Å². The van der Waals surface area contributed by atoms with Crippen molar-refractivity contribution in [2.45, 2.75) is 26.0 Å². The molecule has 3 heterocycles. The molecule has 2 aromatic rings. The molecule has 0 radical (unpaired) electrons. The predicted octanol–water partition coefficient (Wildman–Crippen LogP) is 4.50. The molecule has 1 N–H and O–H groups in total. The number of hydrogen-bond acceptors (Lipinski definition) is 8. The number of aliphatic imine (C=N–C) groups is 1. The molecule has 1 saturated heterocycles. The monoisotopic (exact) mass is 566 g/mol. The van der Waals surface area contributed by atoms with Crippen LogP contribution in [0.4, 0.5) is 0 Å². The molecule has 3 aliphatic heterocycles. The van der Waals surface area contributed by atoms with Gasteiger partial charge in [-0.2, -0.15) is 0 Å². The second kappa shape index (κ2) is 12.8. The summed E-state index contributed by atoms with van der Waals surface area (Å²) in [6.07, 6.45) is 0.164. The van der Waals surface area contributed by atoms with E-state index in [1.54, 1.807) is 6.07 Å². The number of halogens is 1. The first-order chi connectivity index (χ1) is 19.0. The number of benzene rings is 2.